The van der Waals surface area contributed by atoms with Gasteiger partial charge in [-0.1, -0.05) is 36.4 Å². The molecule has 1 aromatic carbocycles. The number of ketones is 1. The number of hydrogen-bond acceptors (Lipinski definition) is 4. The number of allylic oxidation sites excluding steroid dienone is 1. The van der Waals surface area contributed by atoms with Gasteiger partial charge in [0.25, 0.3) is 0 Å². The first-order valence-electron chi connectivity index (χ1n) is 7.29. The molecule has 1 N–H and O–H groups in total. The van der Waals surface area contributed by atoms with E-state index in [0.717, 1.165) is 24.8 Å². The van der Waals surface area contributed by atoms with Crippen molar-refractivity contribution in [3.8, 4) is 0 Å². The van der Waals surface area contributed by atoms with Crippen LogP contribution in [0.15, 0.2) is 42.5 Å². The van der Waals surface area contributed by atoms with Gasteiger partial charge in [0, 0.05) is 6.04 Å². The van der Waals surface area contributed by atoms with Gasteiger partial charge in [-0.25, -0.2) is 0 Å². The van der Waals surface area contributed by atoms with Gasteiger partial charge < -0.3 is 10.1 Å². The average molecular weight is 287 g/mol. The standard InChI is InChI=1S/C17H21NO3/c1-13(19)6-5-9-15-10-11-16(18-15)17(20)21-12-14-7-3-2-4-8-14/h2-8,15-16,18H,9-12H2,1H3/b6-5+/t15-,16-/m0/s1. The van der Waals surface area contributed by atoms with E-state index in [1.54, 1.807) is 6.08 Å². The molecule has 1 fully saturated rings. The van der Waals surface area contributed by atoms with Crippen LogP contribution < -0.4 is 5.32 Å². The van der Waals surface area contributed by atoms with E-state index in [-0.39, 0.29) is 23.8 Å². The molecule has 1 aliphatic rings. The number of ether oxygens (including phenoxy) is 1. The van der Waals surface area contributed by atoms with Crippen molar-refractivity contribution in [3.63, 3.8) is 0 Å². The predicted molar refractivity (Wildman–Crippen MR) is 80.6 cm³/mol. The monoisotopic (exact) mass is 287 g/mol. The highest BCUT2D eigenvalue weighted by molar-refractivity contribution is 5.87. The van der Waals surface area contributed by atoms with Crippen LogP contribution in [-0.2, 0) is 20.9 Å². The molecule has 1 saturated heterocycles. The fourth-order valence-electron chi connectivity index (χ4n) is 2.42. The molecule has 4 heteroatoms. The SMILES string of the molecule is CC(=O)/C=C/C[C@H]1CC[C@@H](C(=O)OCc2ccccc2)N1. The lowest BCUT2D eigenvalue weighted by Gasteiger charge is -2.12. The zero-order valence-corrected chi connectivity index (χ0v) is 12.2. The van der Waals surface area contributed by atoms with Crippen LogP contribution in [0.1, 0.15) is 31.7 Å². The maximum atomic E-state index is 12.0. The molecule has 1 heterocycles. The van der Waals surface area contributed by atoms with Gasteiger partial charge in [-0.15, -0.1) is 0 Å². The second-order valence-corrected chi connectivity index (χ2v) is 5.34. The Kier molecular flexibility index (Phi) is 5.69. The molecule has 0 saturated carbocycles. The third-order valence-corrected chi connectivity index (χ3v) is 3.52. The molecular weight excluding hydrogens is 266 g/mol. The van der Waals surface area contributed by atoms with E-state index < -0.39 is 0 Å². The molecule has 0 spiro atoms. The first-order valence-corrected chi connectivity index (χ1v) is 7.29. The molecule has 112 valence electrons. The normalized spacial score (nSPS) is 21.6. The Hall–Kier alpha value is -1.94. The van der Waals surface area contributed by atoms with Crippen LogP contribution in [0.2, 0.25) is 0 Å². The Morgan fingerprint density at radius 3 is 2.76 bits per heavy atom. The van der Waals surface area contributed by atoms with Gasteiger partial charge in [-0.3, -0.25) is 9.59 Å². The highest BCUT2D eigenvalue weighted by Crippen LogP contribution is 2.17. The second-order valence-electron chi connectivity index (χ2n) is 5.34. The number of carbonyl (C=O) groups excluding carboxylic acids is 2. The van der Waals surface area contributed by atoms with Crippen molar-refractivity contribution in [1.82, 2.24) is 5.32 Å². The summed E-state index contributed by atoms with van der Waals surface area (Å²) in [5, 5.41) is 3.26. The minimum Gasteiger partial charge on any atom is -0.460 e. The minimum atomic E-state index is -0.232. The number of carbonyl (C=O) groups is 2. The third-order valence-electron chi connectivity index (χ3n) is 3.52. The predicted octanol–water partition coefficient (Wildman–Crippen LogP) is 2.39. The molecule has 0 aromatic heterocycles. The summed E-state index contributed by atoms with van der Waals surface area (Å²) in [5.41, 5.74) is 0.991. The highest BCUT2D eigenvalue weighted by atomic mass is 16.5. The van der Waals surface area contributed by atoms with Gasteiger partial charge in [0.15, 0.2) is 5.78 Å². The van der Waals surface area contributed by atoms with Crippen molar-refractivity contribution in [3.05, 3.63) is 48.0 Å². The van der Waals surface area contributed by atoms with Crippen LogP contribution in [0.4, 0.5) is 0 Å². The van der Waals surface area contributed by atoms with Crippen molar-refractivity contribution >= 4 is 11.8 Å². The highest BCUT2D eigenvalue weighted by Gasteiger charge is 2.29. The quantitative estimate of drug-likeness (QED) is 0.645. The summed E-state index contributed by atoms with van der Waals surface area (Å²) in [5.74, 6) is -0.149. The van der Waals surface area contributed by atoms with Crippen LogP contribution in [0.25, 0.3) is 0 Å². The second kappa shape index (κ2) is 7.74. The van der Waals surface area contributed by atoms with Crippen molar-refractivity contribution in [1.29, 1.82) is 0 Å². The van der Waals surface area contributed by atoms with Crippen LogP contribution in [0, 0.1) is 0 Å². The van der Waals surface area contributed by atoms with E-state index in [9.17, 15) is 9.59 Å². The van der Waals surface area contributed by atoms with Gasteiger partial charge in [-0.2, -0.15) is 0 Å². The molecule has 1 aromatic rings. The van der Waals surface area contributed by atoms with E-state index in [4.69, 9.17) is 4.74 Å². The Labute approximate surface area is 125 Å². The van der Waals surface area contributed by atoms with Gasteiger partial charge in [0.1, 0.15) is 12.6 Å². The first kappa shape index (κ1) is 15.4. The largest absolute Gasteiger partial charge is 0.460 e. The zero-order chi connectivity index (χ0) is 15.1. The van der Waals surface area contributed by atoms with Gasteiger partial charge in [0.2, 0.25) is 0 Å². The van der Waals surface area contributed by atoms with Crippen molar-refractivity contribution < 1.29 is 14.3 Å². The molecule has 1 aliphatic heterocycles. The van der Waals surface area contributed by atoms with E-state index in [1.807, 2.05) is 36.4 Å². The zero-order valence-electron chi connectivity index (χ0n) is 12.2. The lowest BCUT2D eigenvalue weighted by Crippen LogP contribution is -2.36. The Morgan fingerprint density at radius 1 is 1.29 bits per heavy atom. The van der Waals surface area contributed by atoms with E-state index in [1.165, 1.54) is 6.92 Å². The number of rotatable bonds is 6. The van der Waals surface area contributed by atoms with Crippen LogP contribution >= 0.6 is 0 Å². The molecule has 21 heavy (non-hydrogen) atoms. The molecule has 0 unspecified atom stereocenters. The average Bonchev–Trinajstić information content (AvgIpc) is 2.94. The van der Waals surface area contributed by atoms with Gasteiger partial charge in [0.05, 0.1) is 0 Å². The summed E-state index contributed by atoms with van der Waals surface area (Å²) < 4.78 is 5.33. The summed E-state index contributed by atoms with van der Waals surface area (Å²) >= 11 is 0. The van der Waals surface area contributed by atoms with E-state index in [0.29, 0.717) is 6.61 Å². The van der Waals surface area contributed by atoms with Crippen LogP contribution in [-0.4, -0.2) is 23.8 Å². The molecule has 0 amide bonds. The van der Waals surface area contributed by atoms with Gasteiger partial charge >= 0.3 is 5.97 Å². The Balaban J connectivity index is 1.73. The lowest BCUT2D eigenvalue weighted by atomic mass is 10.1. The van der Waals surface area contributed by atoms with E-state index in [2.05, 4.69) is 5.32 Å². The summed E-state index contributed by atoms with van der Waals surface area (Å²) in [6.45, 7) is 1.84. The Bertz CT molecular complexity index is 510. The first-order chi connectivity index (χ1) is 10.1. The van der Waals surface area contributed by atoms with Gasteiger partial charge in [-0.05, 0) is 37.8 Å². The topological polar surface area (TPSA) is 55.4 Å². The van der Waals surface area contributed by atoms with Crippen LogP contribution in [0.3, 0.4) is 0 Å². The molecule has 0 radical (unpaired) electrons. The molecule has 4 nitrogen and oxygen atoms in total. The maximum absolute atomic E-state index is 12.0. The summed E-state index contributed by atoms with van der Waals surface area (Å²) in [6, 6.07) is 9.67. The summed E-state index contributed by atoms with van der Waals surface area (Å²) in [4.78, 5) is 22.8. The van der Waals surface area contributed by atoms with Crippen LogP contribution in [0.5, 0.6) is 0 Å². The molecular formula is C17H21NO3. The minimum absolute atomic E-state index is 0.0480. The van der Waals surface area contributed by atoms with Crippen molar-refractivity contribution in [2.75, 3.05) is 0 Å². The third kappa shape index (κ3) is 5.16. The summed E-state index contributed by atoms with van der Waals surface area (Å²) in [7, 11) is 0. The molecule has 0 bridgehead atoms. The molecule has 0 aliphatic carbocycles. The molecule has 2 rings (SSSR count). The summed E-state index contributed by atoms with van der Waals surface area (Å²) in [6.07, 6.45) is 5.90. The lowest BCUT2D eigenvalue weighted by molar-refractivity contribution is -0.147. The fraction of sp³-hybridized carbons (Fsp3) is 0.412. The van der Waals surface area contributed by atoms with E-state index >= 15 is 0 Å². The maximum Gasteiger partial charge on any atom is 0.323 e. The number of hydrogen-bond donors (Lipinski definition) is 1. The number of nitrogens with one attached hydrogen (secondary N) is 1. The van der Waals surface area contributed by atoms with Crippen molar-refractivity contribution in [2.24, 2.45) is 0 Å². The van der Waals surface area contributed by atoms with Crippen molar-refractivity contribution in [2.45, 2.75) is 44.9 Å². The number of esters is 1. The smallest absolute Gasteiger partial charge is 0.323 e. The number of benzene rings is 1. The molecule has 2 atom stereocenters. The Morgan fingerprint density at radius 2 is 2.05 bits per heavy atom. The fourth-order valence-corrected chi connectivity index (χ4v) is 2.42.